The van der Waals surface area contributed by atoms with E-state index in [1.54, 1.807) is 22.9 Å². The number of thioether (sulfide) groups is 1. The molecule has 24 heavy (non-hydrogen) atoms. The zero-order valence-electron chi connectivity index (χ0n) is 14.1. The van der Waals surface area contributed by atoms with Gasteiger partial charge in [-0.05, 0) is 50.8 Å². The summed E-state index contributed by atoms with van der Waals surface area (Å²) < 4.78 is 5.45. The van der Waals surface area contributed by atoms with E-state index in [2.05, 4.69) is 11.1 Å². The summed E-state index contributed by atoms with van der Waals surface area (Å²) >= 11 is 8.14. The standard InChI is InChI=1S/C18H21ClN2O2S/c1-18(2,3)23-17(22)21-7-5-14(11-21)24-16-9-12-4-6-20-10-13(12)8-15(16)19/h4,6,8-10,14H,5,7,11H2,1-3H3. The second-order valence-electron chi connectivity index (χ2n) is 6.96. The van der Waals surface area contributed by atoms with Crippen molar-refractivity contribution in [3.8, 4) is 0 Å². The molecule has 1 fully saturated rings. The third-order valence-electron chi connectivity index (χ3n) is 3.78. The second-order valence-corrected chi connectivity index (χ2v) is 8.71. The monoisotopic (exact) mass is 364 g/mol. The van der Waals surface area contributed by atoms with Gasteiger partial charge < -0.3 is 9.64 Å². The lowest BCUT2D eigenvalue weighted by atomic mass is 10.2. The molecule has 1 amide bonds. The summed E-state index contributed by atoms with van der Waals surface area (Å²) in [5, 5.41) is 3.22. The van der Waals surface area contributed by atoms with Crippen molar-refractivity contribution in [1.29, 1.82) is 0 Å². The average Bonchev–Trinajstić information content (AvgIpc) is 2.95. The van der Waals surface area contributed by atoms with Gasteiger partial charge in [0.15, 0.2) is 0 Å². The number of rotatable bonds is 2. The largest absolute Gasteiger partial charge is 0.444 e. The molecule has 1 atom stereocenters. The lowest BCUT2D eigenvalue weighted by Crippen LogP contribution is -2.35. The number of benzene rings is 1. The number of likely N-dealkylation sites (tertiary alicyclic amines) is 1. The maximum Gasteiger partial charge on any atom is 0.410 e. The van der Waals surface area contributed by atoms with Crippen LogP contribution in [0.1, 0.15) is 27.2 Å². The fourth-order valence-corrected chi connectivity index (χ4v) is 4.18. The van der Waals surface area contributed by atoms with Gasteiger partial charge in [0.05, 0.1) is 5.02 Å². The minimum absolute atomic E-state index is 0.235. The molecule has 0 N–H and O–H groups in total. The number of carbonyl (C=O) groups excluding carboxylic acids is 1. The van der Waals surface area contributed by atoms with E-state index in [1.807, 2.05) is 39.1 Å². The van der Waals surface area contributed by atoms with Crippen LogP contribution in [0.2, 0.25) is 5.02 Å². The number of pyridine rings is 1. The minimum atomic E-state index is -0.460. The van der Waals surface area contributed by atoms with Gasteiger partial charge in [-0.2, -0.15) is 0 Å². The maximum absolute atomic E-state index is 12.2. The Morgan fingerprint density at radius 3 is 2.92 bits per heavy atom. The Labute approximate surface area is 151 Å². The highest BCUT2D eigenvalue weighted by Gasteiger charge is 2.30. The molecule has 1 aliphatic heterocycles. The number of hydrogen-bond acceptors (Lipinski definition) is 4. The molecule has 0 radical (unpaired) electrons. The Hall–Kier alpha value is -1.46. The van der Waals surface area contributed by atoms with Gasteiger partial charge in [-0.15, -0.1) is 11.8 Å². The molecule has 1 unspecified atom stereocenters. The zero-order chi connectivity index (χ0) is 17.3. The molecule has 1 saturated heterocycles. The van der Waals surface area contributed by atoms with E-state index in [1.165, 1.54) is 0 Å². The number of carbonyl (C=O) groups is 1. The van der Waals surface area contributed by atoms with E-state index < -0.39 is 5.60 Å². The summed E-state index contributed by atoms with van der Waals surface area (Å²) in [4.78, 5) is 19.1. The SMILES string of the molecule is CC(C)(C)OC(=O)N1CCC(Sc2cc3ccncc3cc2Cl)C1. The van der Waals surface area contributed by atoms with E-state index in [4.69, 9.17) is 16.3 Å². The summed E-state index contributed by atoms with van der Waals surface area (Å²) in [7, 11) is 0. The normalized spacial score (nSPS) is 18.2. The van der Waals surface area contributed by atoms with Crippen molar-refractivity contribution >= 4 is 40.2 Å². The van der Waals surface area contributed by atoms with Crippen molar-refractivity contribution in [2.75, 3.05) is 13.1 Å². The number of amides is 1. The van der Waals surface area contributed by atoms with Crippen LogP contribution in [-0.2, 0) is 4.74 Å². The molecule has 1 aromatic carbocycles. The first-order valence-corrected chi connectivity index (χ1v) is 9.25. The van der Waals surface area contributed by atoms with E-state index in [0.29, 0.717) is 11.8 Å². The first-order valence-electron chi connectivity index (χ1n) is 8.00. The van der Waals surface area contributed by atoms with Crippen molar-refractivity contribution in [1.82, 2.24) is 9.88 Å². The first kappa shape index (κ1) is 17.4. The molecule has 0 spiro atoms. The lowest BCUT2D eigenvalue weighted by molar-refractivity contribution is 0.0295. The van der Waals surface area contributed by atoms with Gasteiger partial charge in [-0.3, -0.25) is 4.98 Å². The molecule has 0 aliphatic carbocycles. The average molecular weight is 365 g/mol. The predicted molar refractivity (Wildman–Crippen MR) is 98.8 cm³/mol. The van der Waals surface area contributed by atoms with Gasteiger partial charge >= 0.3 is 6.09 Å². The summed E-state index contributed by atoms with van der Waals surface area (Å²) in [5.74, 6) is 0. The number of aromatic nitrogens is 1. The van der Waals surface area contributed by atoms with Gasteiger partial charge in [0, 0.05) is 41.0 Å². The van der Waals surface area contributed by atoms with E-state index in [0.717, 1.165) is 33.7 Å². The quantitative estimate of drug-likeness (QED) is 0.752. The van der Waals surface area contributed by atoms with Crippen LogP contribution in [0.3, 0.4) is 0 Å². The highest BCUT2D eigenvalue weighted by atomic mass is 35.5. The number of halogens is 1. The van der Waals surface area contributed by atoms with Crippen LogP contribution in [-0.4, -0.2) is 39.9 Å². The molecule has 1 aromatic heterocycles. The topological polar surface area (TPSA) is 42.4 Å². The van der Waals surface area contributed by atoms with Crippen LogP contribution in [0.25, 0.3) is 10.8 Å². The molecule has 6 heteroatoms. The van der Waals surface area contributed by atoms with Crippen molar-refractivity contribution < 1.29 is 9.53 Å². The Kier molecular flexibility index (Phi) is 4.92. The van der Waals surface area contributed by atoms with Crippen LogP contribution in [0.15, 0.2) is 35.5 Å². The first-order chi connectivity index (χ1) is 11.3. The third kappa shape index (κ3) is 4.14. The summed E-state index contributed by atoms with van der Waals surface area (Å²) in [6.07, 6.45) is 4.30. The van der Waals surface area contributed by atoms with E-state index in [-0.39, 0.29) is 6.09 Å². The van der Waals surface area contributed by atoms with Crippen LogP contribution in [0.5, 0.6) is 0 Å². The second kappa shape index (κ2) is 6.81. The lowest BCUT2D eigenvalue weighted by Gasteiger charge is -2.24. The smallest absolute Gasteiger partial charge is 0.410 e. The van der Waals surface area contributed by atoms with Crippen LogP contribution >= 0.6 is 23.4 Å². The number of hydrogen-bond donors (Lipinski definition) is 0. The highest BCUT2D eigenvalue weighted by Crippen LogP contribution is 2.37. The Balaban J connectivity index is 1.67. The molecule has 1 aliphatic rings. The van der Waals surface area contributed by atoms with Crippen LogP contribution in [0.4, 0.5) is 4.79 Å². The number of fused-ring (bicyclic) bond motifs is 1. The summed E-state index contributed by atoms with van der Waals surface area (Å²) in [6.45, 7) is 7.07. The molecule has 3 rings (SSSR count). The minimum Gasteiger partial charge on any atom is -0.444 e. The molecule has 0 bridgehead atoms. The maximum atomic E-state index is 12.2. The Bertz CT molecular complexity index is 760. The predicted octanol–water partition coefficient (Wildman–Crippen LogP) is 4.99. The van der Waals surface area contributed by atoms with Gasteiger partial charge in [0.25, 0.3) is 0 Å². The van der Waals surface area contributed by atoms with E-state index in [9.17, 15) is 4.79 Å². The van der Waals surface area contributed by atoms with Crippen molar-refractivity contribution in [3.63, 3.8) is 0 Å². The molecular weight excluding hydrogens is 344 g/mol. The molecule has 2 heterocycles. The zero-order valence-corrected chi connectivity index (χ0v) is 15.7. The van der Waals surface area contributed by atoms with Crippen molar-refractivity contribution in [3.05, 3.63) is 35.6 Å². The van der Waals surface area contributed by atoms with Crippen molar-refractivity contribution in [2.45, 2.75) is 42.9 Å². The highest BCUT2D eigenvalue weighted by molar-refractivity contribution is 8.00. The van der Waals surface area contributed by atoms with Gasteiger partial charge in [0.1, 0.15) is 5.60 Å². The number of nitrogens with zero attached hydrogens (tertiary/aromatic N) is 2. The molecule has 128 valence electrons. The molecule has 0 saturated carbocycles. The van der Waals surface area contributed by atoms with Crippen LogP contribution < -0.4 is 0 Å². The van der Waals surface area contributed by atoms with Crippen molar-refractivity contribution in [2.24, 2.45) is 0 Å². The van der Waals surface area contributed by atoms with Gasteiger partial charge in [-0.1, -0.05) is 11.6 Å². The summed E-state index contributed by atoms with van der Waals surface area (Å²) in [6, 6.07) is 6.03. The van der Waals surface area contributed by atoms with E-state index >= 15 is 0 Å². The summed E-state index contributed by atoms with van der Waals surface area (Å²) in [5.41, 5.74) is -0.460. The Morgan fingerprint density at radius 1 is 1.38 bits per heavy atom. The molecule has 4 nitrogen and oxygen atoms in total. The fraction of sp³-hybridized carbons (Fsp3) is 0.444. The van der Waals surface area contributed by atoms with Gasteiger partial charge in [0.2, 0.25) is 0 Å². The molecular formula is C18H21ClN2O2S. The fourth-order valence-electron chi connectivity index (χ4n) is 2.67. The van der Waals surface area contributed by atoms with Gasteiger partial charge in [-0.25, -0.2) is 4.79 Å². The Morgan fingerprint density at radius 2 is 2.17 bits per heavy atom. The van der Waals surface area contributed by atoms with Crippen LogP contribution in [0, 0.1) is 0 Å². The number of ether oxygens (including phenoxy) is 1. The molecule has 2 aromatic rings. The third-order valence-corrected chi connectivity index (χ3v) is 5.52.